The zero-order chi connectivity index (χ0) is 10.2. The molecule has 0 amide bonds. The van der Waals surface area contributed by atoms with E-state index >= 15 is 0 Å². The molecule has 1 fully saturated rings. The van der Waals surface area contributed by atoms with Gasteiger partial charge in [-0.05, 0) is 25.0 Å². The molecule has 14 heavy (non-hydrogen) atoms. The zero-order valence-electron chi connectivity index (χ0n) is 7.66. The number of halogens is 1. The first-order valence-corrected chi connectivity index (χ1v) is 4.60. The number of benzene rings is 1. The van der Waals surface area contributed by atoms with Gasteiger partial charge in [-0.2, -0.15) is 0 Å². The number of carbonyl (C=O) groups is 1. The Bertz CT molecular complexity index is 369. The lowest BCUT2D eigenvalue weighted by molar-refractivity contribution is 0.0825. The van der Waals surface area contributed by atoms with Gasteiger partial charge < -0.3 is 5.11 Å². The van der Waals surface area contributed by atoms with Gasteiger partial charge in [-0.1, -0.05) is 12.1 Å². The van der Waals surface area contributed by atoms with E-state index in [-0.39, 0.29) is 18.0 Å². The lowest BCUT2D eigenvalue weighted by atomic mass is 9.95. The Hall–Kier alpha value is -1.22. The average Bonchev–Trinajstić information content (AvgIpc) is 2.98. The first-order valence-electron chi connectivity index (χ1n) is 4.60. The molecule has 74 valence electrons. The lowest BCUT2D eigenvalue weighted by Gasteiger charge is -2.10. The van der Waals surface area contributed by atoms with Crippen molar-refractivity contribution in [1.82, 2.24) is 0 Å². The van der Waals surface area contributed by atoms with Crippen LogP contribution in [0.4, 0.5) is 4.39 Å². The molecule has 0 aliphatic heterocycles. The highest BCUT2D eigenvalue weighted by atomic mass is 19.1. The second kappa shape index (κ2) is 3.17. The van der Waals surface area contributed by atoms with Crippen LogP contribution in [-0.2, 0) is 0 Å². The van der Waals surface area contributed by atoms with E-state index in [4.69, 9.17) is 5.11 Å². The molecule has 1 aromatic rings. The fourth-order valence-corrected chi connectivity index (χ4v) is 1.54. The van der Waals surface area contributed by atoms with Crippen molar-refractivity contribution in [2.24, 2.45) is 5.41 Å². The van der Waals surface area contributed by atoms with Gasteiger partial charge in [0.05, 0.1) is 17.6 Å². The summed E-state index contributed by atoms with van der Waals surface area (Å²) in [6, 6.07) is 5.91. The summed E-state index contributed by atoms with van der Waals surface area (Å²) in [4.78, 5) is 11.8. The van der Waals surface area contributed by atoms with Crippen LogP contribution in [0.1, 0.15) is 23.2 Å². The number of carbonyl (C=O) groups excluding carboxylic acids is 1. The van der Waals surface area contributed by atoms with Crippen molar-refractivity contribution < 1.29 is 14.3 Å². The van der Waals surface area contributed by atoms with Crippen molar-refractivity contribution >= 4 is 5.78 Å². The molecule has 2 nitrogen and oxygen atoms in total. The van der Waals surface area contributed by atoms with Gasteiger partial charge in [0, 0.05) is 0 Å². The Morgan fingerprint density at radius 3 is 2.57 bits per heavy atom. The smallest absolute Gasteiger partial charge is 0.174 e. The van der Waals surface area contributed by atoms with Crippen molar-refractivity contribution in [1.29, 1.82) is 0 Å². The maximum atomic E-state index is 13.2. The molecule has 1 N–H and O–H groups in total. The maximum absolute atomic E-state index is 13.2. The Morgan fingerprint density at radius 2 is 2.07 bits per heavy atom. The Morgan fingerprint density at radius 1 is 1.43 bits per heavy atom. The largest absolute Gasteiger partial charge is 0.395 e. The van der Waals surface area contributed by atoms with Gasteiger partial charge in [0.1, 0.15) is 5.82 Å². The van der Waals surface area contributed by atoms with Crippen LogP contribution in [0.2, 0.25) is 0 Å². The van der Waals surface area contributed by atoms with E-state index in [0.29, 0.717) is 12.8 Å². The van der Waals surface area contributed by atoms with Crippen LogP contribution in [0.5, 0.6) is 0 Å². The number of hydrogen-bond acceptors (Lipinski definition) is 2. The number of hydrogen-bond donors (Lipinski definition) is 1. The van der Waals surface area contributed by atoms with Crippen LogP contribution in [0.15, 0.2) is 24.3 Å². The predicted molar refractivity (Wildman–Crippen MR) is 49.5 cm³/mol. The van der Waals surface area contributed by atoms with Gasteiger partial charge in [-0.3, -0.25) is 4.79 Å². The van der Waals surface area contributed by atoms with Crippen LogP contribution in [-0.4, -0.2) is 17.5 Å². The molecule has 3 heteroatoms. The molecule has 2 rings (SSSR count). The van der Waals surface area contributed by atoms with Gasteiger partial charge in [-0.25, -0.2) is 4.39 Å². The molecule has 1 aliphatic rings. The highest BCUT2D eigenvalue weighted by molar-refractivity contribution is 6.02. The van der Waals surface area contributed by atoms with Crippen LogP contribution in [0, 0.1) is 11.2 Å². The van der Waals surface area contributed by atoms with Gasteiger partial charge in [0.15, 0.2) is 5.78 Å². The number of rotatable bonds is 3. The highest BCUT2D eigenvalue weighted by Crippen LogP contribution is 2.47. The first kappa shape index (κ1) is 9.34. The summed E-state index contributed by atoms with van der Waals surface area (Å²) < 4.78 is 13.2. The third-order valence-corrected chi connectivity index (χ3v) is 2.76. The van der Waals surface area contributed by atoms with Crippen LogP contribution < -0.4 is 0 Å². The molecular weight excluding hydrogens is 183 g/mol. The number of aliphatic hydroxyl groups excluding tert-OH is 1. The molecule has 0 bridgehead atoms. The van der Waals surface area contributed by atoms with Crippen LogP contribution in [0.3, 0.4) is 0 Å². The summed E-state index contributed by atoms with van der Waals surface area (Å²) in [5.41, 5.74) is -0.582. The molecule has 0 radical (unpaired) electrons. The maximum Gasteiger partial charge on any atom is 0.174 e. The van der Waals surface area contributed by atoms with Gasteiger partial charge in [0.2, 0.25) is 0 Å². The summed E-state index contributed by atoms with van der Waals surface area (Å²) >= 11 is 0. The van der Waals surface area contributed by atoms with E-state index in [1.54, 1.807) is 12.1 Å². The Labute approximate surface area is 81.4 Å². The minimum absolute atomic E-state index is 0.0963. The van der Waals surface area contributed by atoms with Gasteiger partial charge in [0.25, 0.3) is 0 Å². The van der Waals surface area contributed by atoms with Crippen molar-refractivity contribution in [2.75, 3.05) is 6.61 Å². The van der Waals surface area contributed by atoms with Gasteiger partial charge >= 0.3 is 0 Å². The SMILES string of the molecule is O=C(c1ccccc1F)C1(CO)CC1. The molecule has 0 saturated heterocycles. The summed E-state index contributed by atoms with van der Waals surface area (Å²) in [6.45, 7) is -0.180. The Balaban J connectivity index is 2.32. The molecule has 0 aromatic heterocycles. The first-order chi connectivity index (χ1) is 6.69. The second-order valence-electron chi connectivity index (χ2n) is 3.75. The molecule has 0 atom stereocenters. The average molecular weight is 194 g/mol. The third kappa shape index (κ3) is 1.34. The summed E-state index contributed by atoms with van der Waals surface area (Å²) in [7, 11) is 0. The van der Waals surface area contributed by atoms with Crippen molar-refractivity contribution in [3.63, 3.8) is 0 Å². The fraction of sp³-hybridized carbons (Fsp3) is 0.364. The van der Waals surface area contributed by atoms with E-state index in [0.717, 1.165) is 0 Å². The number of ketones is 1. The minimum atomic E-state index is -0.678. The quantitative estimate of drug-likeness (QED) is 0.745. The summed E-state index contributed by atoms with van der Waals surface area (Å²) in [6.07, 6.45) is 1.33. The van der Waals surface area contributed by atoms with E-state index in [9.17, 15) is 9.18 Å². The van der Waals surface area contributed by atoms with Crippen molar-refractivity contribution in [2.45, 2.75) is 12.8 Å². The van der Waals surface area contributed by atoms with E-state index in [1.165, 1.54) is 12.1 Å². The highest BCUT2D eigenvalue weighted by Gasteiger charge is 2.49. The monoisotopic (exact) mass is 194 g/mol. The predicted octanol–water partition coefficient (Wildman–Crippen LogP) is 1.78. The van der Waals surface area contributed by atoms with Crippen molar-refractivity contribution in [3.8, 4) is 0 Å². The van der Waals surface area contributed by atoms with Crippen LogP contribution in [0.25, 0.3) is 0 Å². The molecule has 0 heterocycles. The summed E-state index contributed by atoms with van der Waals surface area (Å²) in [5, 5.41) is 9.04. The molecular formula is C11H11FO2. The van der Waals surface area contributed by atoms with E-state index in [1.807, 2.05) is 0 Å². The van der Waals surface area contributed by atoms with Crippen molar-refractivity contribution in [3.05, 3.63) is 35.6 Å². The molecule has 1 aliphatic carbocycles. The molecule has 1 aromatic carbocycles. The third-order valence-electron chi connectivity index (χ3n) is 2.76. The standard InChI is InChI=1S/C11H11FO2/c12-9-4-2-1-3-8(9)10(14)11(7-13)5-6-11/h1-4,13H,5-7H2. The second-order valence-corrected chi connectivity index (χ2v) is 3.75. The minimum Gasteiger partial charge on any atom is -0.395 e. The fourth-order valence-electron chi connectivity index (χ4n) is 1.54. The Kier molecular flexibility index (Phi) is 2.11. The topological polar surface area (TPSA) is 37.3 Å². The normalized spacial score (nSPS) is 17.9. The van der Waals surface area contributed by atoms with Crippen LogP contribution >= 0.6 is 0 Å². The molecule has 1 saturated carbocycles. The zero-order valence-corrected chi connectivity index (χ0v) is 7.66. The summed E-state index contributed by atoms with van der Waals surface area (Å²) in [5.74, 6) is -0.768. The lowest BCUT2D eigenvalue weighted by Crippen LogP contribution is -2.21. The number of aliphatic hydroxyl groups is 1. The van der Waals surface area contributed by atoms with E-state index in [2.05, 4.69) is 0 Å². The number of Topliss-reactive ketones (excluding diaryl/α,β-unsaturated/α-hetero) is 1. The van der Waals surface area contributed by atoms with Gasteiger partial charge in [-0.15, -0.1) is 0 Å². The van der Waals surface area contributed by atoms with E-state index < -0.39 is 11.2 Å². The molecule has 0 spiro atoms. The molecule has 0 unspecified atom stereocenters.